The van der Waals surface area contributed by atoms with Gasteiger partial charge >= 0.3 is 11.8 Å². The molecule has 7 heteroatoms. The zero-order chi connectivity index (χ0) is 17.8. The summed E-state index contributed by atoms with van der Waals surface area (Å²) in [7, 11) is 0. The Morgan fingerprint density at radius 3 is 2.68 bits per heavy atom. The molecule has 1 aliphatic heterocycles. The quantitative estimate of drug-likeness (QED) is 0.825. The van der Waals surface area contributed by atoms with E-state index in [0.717, 1.165) is 5.56 Å². The molecular formula is C18H17ClN2O4. The van der Waals surface area contributed by atoms with Crippen LogP contribution in [-0.4, -0.2) is 31.1 Å². The third kappa shape index (κ3) is 4.22. The van der Waals surface area contributed by atoms with Gasteiger partial charge in [-0.3, -0.25) is 9.59 Å². The predicted octanol–water partition coefficient (Wildman–Crippen LogP) is 2.54. The number of para-hydroxylation sites is 2. The molecule has 6 nitrogen and oxygen atoms in total. The van der Waals surface area contributed by atoms with Gasteiger partial charge in [-0.15, -0.1) is 0 Å². The van der Waals surface area contributed by atoms with E-state index in [1.165, 1.54) is 0 Å². The van der Waals surface area contributed by atoms with Crippen LogP contribution in [0.25, 0.3) is 0 Å². The van der Waals surface area contributed by atoms with Crippen molar-refractivity contribution in [2.75, 3.05) is 18.5 Å². The van der Waals surface area contributed by atoms with E-state index in [9.17, 15) is 9.59 Å². The van der Waals surface area contributed by atoms with Crippen LogP contribution in [-0.2, 0) is 9.59 Å². The summed E-state index contributed by atoms with van der Waals surface area (Å²) in [5.41, 5.74) is 1.31. The number of hydrogen-bond donors (Lipinski definition) is 2. The normalized spacial score (nSPS) is 15.4. The van der Waals surface area contributed by atoms with Gasteiger partial charge in [0.05, 0.1) is 6.54 Å². The maximum atomic E-state index is 12.0. The zero-order valence-electron chi connectivity index (χ0n) is 13.5. The number of halogens is 1. The highest BCUT2D eigenvalue weighted by atomic mass is 35.5. The largest absolute Gasteiger partial charge is 0.486 e. The topological polar surface area (TPSA) is 76.7 Å². The van der Waals surface area contributed by atoms with Gasteiger partial charge in [-0.2, -0.15) is 0 Å². The van der Waals surface area contributed by atoms with Gasteiger partial charge in [0, 0.05) is 10.7 Å². The lowest BCUT2D eigenvalue weighted by Crippen LogP contribution is -2.44. The molecule has 2 amide bonds. The van der Waals surface area contributed by atoms with Crippen LogP contribution in [0.3, 0.4) is 0 Å². The van der Waals surface area contributed by atoms with Gasteiger partial charge in [-0.1, -0.05) is 23.7 Å². The summed E-state index contributed by atoms with van der Waals surface area (Å²) < 4.78 is 11.3. The van der Waals surface area contributed by atoms with E-state index in [-0.39, 0.29) is 12.6 Å². The predicted molar refractivity (Wildman–Crippen MR) is 94.2 cm³/mol. The summed E-state index contributed by atoms with van der Waals surface area (Å²) in [6, 6.07) is 12.3. The number of fused-ring (bicyclic) bond motifs is 1. The number of anilines is 1. The fourth-order valence-electron chi connectivity index (χ4n) is 2.40. The van der Waals surface area contributed by atoms with Crippen LogP contribution < -0.4 is 20.1 Å². The standard InChI is InChI=1S/C18H17ClN2O4/c1-11-8-12(19)6-7-14(11)21-18(23)17(22)20-9-13-10-24-15-4-2-3-5-16(15)25-13/h2-8,13H,9-10H2,1H3,(H,20,22)(H,21,23). The van der Waals surface area contributed by atoms with Crippen LogP contribution in [0.5, 0.6) is 11.5 Å². The molecule has 3 rings (SSSR count). The molecule has 0 saturated heterocycles. The lowest BCUT2D eigenvalue weighted by molar-refractivity contribution is -0.136. The van der Waals surface area contributed by atoms with Gasteiger partial charge in [-0.05, 0) is 42.8 Å². The maximum absolute atomic E-state index is 12.0. The lowest BCUT2D eigenvalue weighted by atomic mass is 10.2. The van der Waals surface area contributed by atoms with Crippen molar-refractivity contribution in [3.63, 3.8) is 0 Å². The smallest absolute Gasteiger partial charge is 0.313 e. The third-order valence-corrected chi connectivity index (χ3v) is 3.94. The first-order valence-corrected chi connectivity index (χ1v) is 8.14. The number of carbonyl (C=O) groups excluding carboxylic acids is 2. The second-order valence-electron chi connectivity index (χ2n) is 5.62. The van der Waals surface area contributed by atoms with Crippen LogP contribution in [0.4, 0.5) is 5.69 Å². The molecule has 0 saturated carbocycles. The molecule has 0 bridgehead atoms. The van der Waals surface area contributed by atoms with Crippen molar-refractivity contribution in [1.82, 2.24) is 5.32 Å². The Morgan fingerprint density at radius 2 is 1.92 bits per heavy atom. The maximum Gasteiger partial charge on any atom is 0.313 e. The highest BCUT2D eigenvalue weighted by Crippen LogP contribution is 2.30. The molecular weight excluding hydrogens is 344 g/mol. The Balaban J connectivity index is 1.52. The second kappa shape index (κ2) is 7.44. The molecule has 2 N–H and O–H groups in total. The second-order valence-corrected chi connectivity index (χ2v) is 6.06. The summed E-state index contributed by atoms with van der Waals surface area (Å²) >= 11 is 5.87. The van der Waals surface area contributed by atoms with Crippen LogP contribution in [0.1, 0.15) is 5.56 Å². The minimum absolute atomic E-state index is 0.167. The number of benzene rings is 2. The first-order valence-electron chi connectivity index (χ1n) is 7.77. The lowest BCUT2D eigenvalue weighted by Gasteiger charge is -2.26. The summed E-state index contributed by atoms with van der Waals surface area (Å²) in [4.78, 5) is 24.0. The van der Waals surface area contributed by atoms with Crippen molar-refractivity contribution >= 4 is 29.1 Å². The van der Waals surface area contributed by atoms with Crippen molar-refractivity contribution in [2.24, 2.45) is 0 Å². The minimum Gasteiger partial charge on any atom is -0.486 e. The van der Waals surface area contributed by atoms with Gasteiger partial charge in [0.15, 0.2) is 11.5 Å². The van der Waals surface area contributed by atoms with E-state index >= 15 is 0 Å². The monoisotopic (exact) mass is 360 g/mol. The van der Waals surface area contributed by atoms with Crippen molar-refractivity contribution < 1.29 is 19.1 Å². The van der Waals surface area contributed by atoms with Crippen LogP contribution in [0, 0.1) is 6.92 Å². The first-order chi connectivity index (χ1) is 12.0. The molecule has 25 heavy (non-hydrogen) atoms. The van der Waals surface area contributed by atoms with E-state index in [2.05, 4.69) is 10.6 Å². The zero-order valence-corrected chi connectivity index (χ0v) is 14.3. The highest BCUT2D eigenvalue weighted by Gasteiger charge is 2.22. The van der Waals surface area contributed by atoms with E-state index in [0.29, 0.717) is 28.8 Å². The molecule has 0 fully saturated rings. The van der Waals surface area contributed by atoms with Crippen LogP contribution >= 0.6 is 11.6 Å². The molecule has 1 heterocycles. The fraction of sp³-hybridized carbons (Fsp3) is 0.222. The third-order valence-electron chi connectivity index (χ3n) is 3.70. The van der Waals surface area contributed by atoms with Crippen LogP contribution in [0.2, 0.25) is 5.02 Å². The minimum atomic E-state index is -0.748. The number of carbonyl (C=O) groups is 2. The van der Waals surface area contributed by atoms with E-state index in [4.69, 9.17) is 21.1 Å². The molecule has 1 unspecified atom stereocenters. The average molecular weight is 361 g/mol. The Labute approximate surface area is 150 Å². The number of rotatable bonds is 3. The molecule has 1 aliphatic rings. The van der Waals surface area contributed by atoms with Gasteiger partial charge in [0.2, 0.25) is 0 Å². The Bertz CT molecular complexity index is 809. The molecule has 0 spiro atoms. The summed E-state index contributed by atoms with van der Waals surface area (Å²) in [6.07, 6.45) is -0.357. The molecule has 1 atom stereocenters. The van der Waals surface area contributed by atoms with Gasteiger partial charge in [0.25, 0.3) is 0 Å². The Kier molecular flexibility index (Phi) is 5.09. The number of ether oxygens (including phenoxy) is 2. The highest BCUT2D eigenvalue weighted by molar-refractivity contribution is 6.39. The summed E-state index contributed by atoms with van der Waals surface area (Å²) in [6.45, 7) is 2.26. The summed E-state index contributed by atoms with van der Waals surface area (Å²) in [5.74, 6) is -0.199. The fourth-order valence-corrected chi connectivity index (χ4v) is 2.62. The Morgan fingerprint density at radius 1 is 1.16 bits per heavy atom. The molecule has 2 aromatic rings. The molecule has 130 valence electrons. The van der Waals surface area contributed by atoms with Gasteiger partial charge in [0.1, 0.15) is 12.7 Å². The summed E-state index contributed by atoms with van der Waals surface area (Å²) in [5, 5.41) is 5.68. The molecule has 0 aliphatic carbocycles. The van der Waals surface area contributed by atoms with Crippen molar-refractivity contribution in [1.29, 1.82) is 0 Å². The molecule has 2 aromatic carbocycles. The number of nitrogens with one attached hydrogen (secondary N) is 2. The van der Waals surface area contributed by atoms with Crippen molar-refractivity contribution in [2.45, 2.75) is 13.0 Å². The van der Waals surface area contributed by atoms with Crippen LogP contribution in [0.15, 0.2) is 42.5 Å². The average Bonchev–Trinajstić information content (AvgIpc) is 2.61. The van der Waals surface area contributed by atoms with E-state index < -0.39 is 11.8 Å². The van der Waals surface area contributed by atoms with Crippen molar-refractivity contribution in [3.05, 3.63) is 53.1 Å². The van der Waals surface area contributed by atoms with E-state index in [1.807, 2.05) is 18.2 Å². The first kappa shape index (κ1) is 17.1. The molecule has 0 radical (unpaired) electrons. The van der Waals surface area contributed by atoms with E-state index in [1.54, 1.807) is 31.2 Å². The SMILES string of the molecule is Cc1cc(Cl)ccc1NC(=O)C(=O)NCC1COc2ccccc2O1. The van der Waals surface area contributed by atoms with Gasteiger partial charge in [-0.25, -0.2) is 0 Å². The van der Waals surface area contributed by atoms with Gasteiger partial charge < -0.3 is 20.1 Å². The van der Waals surface area contributed by atoms with Crippen molar-refractivity contribution in [3.8, 4) is 11.5 Å². The number of amides is 2. The number of hydrogen-bond acceptors (Lipinski definition) is 4. The molecule has 0 aromatic heterocycles. The Hall–Kier alpha value is -2.73. The number of aryl methyl sites for hydroxylation is 1.